The molecule has 2 unspecified atom stereocenters. The molecule has 2 nitrogen and oxygen atoms in total. The van der Waals surface area contributed by atoms with Crippen LogP contribution in [0.5, 0.6) is 0 Å². The fourth-order valence-corrected chi connectivity index (χ4v) is 2.51. The molecule has 0 fully saturated rings. The summed E-state index contributed by atoms with van der Waals surface area (Å²) in [6, 6.07) is 9.07. The molecule has 0 spiro atoms. The van der Waals surface area contributed by atoms with Crippen molar-refractivity contribution in [1.29, 1.82) is 0 Å². The summed E-state index contributed by atoms with van der Waals surface area (Å²) in [5, 5.41) is 12.9. The van der Waals surface area contributed by atoms with Crippen molar-refractivity contribution in [2.45, 2.75) is 44.2 Å². The highest BCUT2D eigenvalue weighted by Gasteiger charge is 2.13. The molecule has 0 amide bonds. The summed E-state index contributed by atoms with van der Waals surface area (Å²) in [5.41, 5.74) is 1.27. The van der Waals surface area contributed by atoms with Gasteiger partial charge >= 0.3 is 0 Å². The van der Waals surface area contributed by atoms with Crippen LogP contribution in [0.2, 0.25) is 0 Å². The van der Waals surface area contributed by atoms with E-state index in [-0.39, 0.29) is 18.7 Å². The van der Waals surface area contributed by atoms with Crippen LogP contribution in [0.3, 0.4) is 0 Å². The lowest BCUT2D eigenvalue weighted by molar-refractivity contribution is 0.215. The Kier molecular flexibility index (Phi) is 6.76. The van der Waals surface area contributed by atoms with Gasteiger partial charge in [-0.05, 0) is 43.2 Å². The summed E-state index contributed by atoms with van der Waals surface area (Å²) in [6.45, 7) is 6.72. The summed E-state index contributed by atoms with van der Waals surface area (Å²) >= 11 is 1.76. The number of aliphatic hydroxyl groups excluding tert-OH is 1. The fourth-order valence-electron chi connectivity index (χ4n) is 2.11. The molecular formula is C15H25NOS. The van der Waals surface area contributed by atoms with Crippen molar-refractivity contribution in [2.24, 2.45) is 5.92 Å². The number of aliphatic hydroxyl groups is 1. The minimum absolute atomic E-state index is 0.181. The Balaban J connectivity index is 2.59. The molecular weight excluding hydrogens is 242 g/mol. The van der Waals surface area contributed by atoms with Gasteiger partial charge in [0.15, 0.2) is 0 Å². The Morgan fingerprint density at radius 2 is 1.78 bits per heavy atom. The molecule has 0 aromatic heterocycles. The summed E-state index contributed by atoms with van der Waals surface area (Å²) in [4.78, 5) is 1.28. The van der Waals surface area contributed by atoms with Crippen LogP contribution < -0.4 is 5.32 Å². The van der Waals surface area contributed by atoms with Gasteiger partial charge in [-0.25, -0.2) is 0 Å². The van der Waals surface area contributed by atoms with Crippen LogP contribution in [0.4, 0.5) is 0 Å². The molecule has 0 saturated heterocycles. The number of thioether (sulfide) groups is 1. The molecule has 1 aromatic carbocycles. The van der Waals surface area contributed by atoms with E-state index in [0.29, 0.717) is 5.92 Å². The Hall–Kier alpha value is -0.510. The van der Waals surface area contributed by atoms with Crippen molar-refractivity contribution >= 4 is 11.8 Å². The number of hydrogen-bond acceptors (Lipinski definition) is 3. The average Bonchev–Trinajstić information content (AvgIpc) is 2.37. The summed E-state index contributed by atoms with van der Waals surface area (Å²) < 4.78 is 0. The third kappa shape index (κ3) is 5.01. The molecule has 18 heavy (non-hydrogen) atoms. The van der Waals surface area contributed by atoms with Crippen LogP contribution >= 0.6 is 11.8 Å². The van der Waals surface area contributed by atoms with E-state index < -0.39 is 0 Å². The zero-order chi connectivity index (χ0) is 13.5. The quantitative estimate of drug-likeness (QED) is 0.742. The van der Waals surface area contributed by atoms with Crippen molar-refractivity contribution in [3.8, 4) is 0 Å². The average molecular weight is 267 g/mol. The van der Waals surface area contributed by atoms with E-state index >= 15 is 0 Å². The molecule has 0 radical (unpaired) electrons. The van der Waals surface area contributed by atoms with Gasteiger partial charge in [0.2, 0.25) is 0 Å². The Bertz CT molecular complexity index is 337. The minimum atomic E-state index is 0.181. The maximum Gasteiger partial charge on any atom is 0.0584 e. The highest BCUT2D eigenvalue weighted by Crippen LogP contribution is 2.19. The lowest BCUT2D eigenvalue weighted by atomic mass is 10.0. The van der Waals surface area contributed by atoms with Crippen LogP contribution in [0.1, 0.15) is 38.8 Å². The smallest absolute Gasteiger partial charge is 0.0584 e. The monoisotopic (exact) mass is 267 g/mol. The molecule has 0 aliphatic carbocycles. The third-order valence-electron chi connectivity index (χ3n) is 3.08. The van der Waals surface area contributed by atoms with Crippen molar-refractivity contribution in [3.05, 3.63) is 29.8 Å². The van der Waals surface area contributed by atoms with Crippen LogP contribution in [-0.2, 0) is 0 Å². The van der Waals surface area contributed by atoms with E-state index in [2.05, 4.69) is 56.6 Å². The normalized spacial score (nSPS) is 14.8. The molecule has 0 aliphatic heterocycles. The number of hydrogen-bond donors (Lipinski definition) is 2. The SMILES string of the molecule is CSc1ccc(C(C)NC(CO)CC(C)C)cc1. The minimum Gasteiger partial charge on any atom is -0.395 e. The highest BCUT2D eigenvalue weighted by molar-refractivity contribution is 7.98. The molecule has 3 heteroatoms. The van der Waals surface area contributed by atoms with Crippen LogP contribution in [-0.4, -0.2) is 24.0 Å². The molecule has 2 atom stereocenters. The third-order valence-corrected chi connectivity index (χ3v) is 3.82. The molecule has 1 aromatic rings. The fraction of sp³-hybridized carbons (Fsp3) is 0.600. The predicted molar refractivity (Wildman–Crippen MR) is 80.1 cm³/mol. The van der Waals surface area contributed by atoms with E-state index in [9.17, 15) is 5.11 Å². The van der Waals surface area contributed by atoms with Crippen LogP contribution in [0.25, 0.3) is 0 Å². The second kappa shape index (κ2) is 7.82. The van der Waals surface area contributed by atoms with Gasteiger partial charge in [0, 0.05) is 17.0 Å². The van der Waals surface area contributed by atoms with Gasteiger partial charge in [0.05, 0.1) is 6.61 Å². The molecule has 0 heterocycles. The zero-order valence-corrected chi connectivity index (χ0v) is 12.6. The highest BCUT2D eigenvalue weighted by atomic mass is 32.2. The maximum absolute atomic E-state index is 9.39. The van der Waals surface area contributed by atoms with Gasteiger partial charge in [-0.1, -0.05) is 26.0 Å². The number of benzene rings is 1. The van der Waals surface area contributed by atoms with Gasteiger partial charge < -0.3 is 10.4 Å². The Labute approximate surface area is 115 Å². The van der Waals surface area contributed by atoms with E-state index in [4.69, 9.17) is 0 Å². The lowest BCUT2D eigenvalue weighted by Crippen LogP contribution is -2.35. The van der Waals surface area contributed by atoms with Crippen molar-refractivity contribution in [2.75, 3.05) is 12.9 Å². The second-order valence-electron chi connectivity index (χ2n) is 5.17. The first kappa shape index (κ1) is 15.5. The van der Waals surface area contributed by atoms with Crippen molar-refractivity contribution in [3.63, 3.8) is 0 Å². The Morgan fingerprint density at radius 1 is 1.17 bits per heavy atom. The number of rotatable bonds is 7. The largest absolute Gasteiger partial charge is 0.395 e. The molecule has 0 bridgehead atoms. The van der Waals surface area contributed by atoms with Crippen molar-refractivity contribution in [1.82, 2.24) is 5.32 Å². The first-order chi connectivity index (χ1) is 8.56. The van der Waals surface area contributed by atoms with Gasteiger partial charge in [-0.2, -0.15) is 0 Å². The second-order valence-corrected chi connectivity index (χ2v) is 6.05. The molecule has 102 valence electrons. The van der Waals surface area contributed by atoms with E-state index in [1.165, 1.54) is 10.5 Å². The van der Waals surface area contributed by atoms with E-state index in [0.717, 1.165) is 6.42 Å². The van der Waals surface area contributed by atoms with Gasteiger partial charge in [0.25, 0.3) is 0 Å². The summed E-state index contributed by atoms with van der Waals surface area (Å²) in [5.74, 6) is 0.598. The predicted octanol–water partition coefficient (Wildman–Crippen LogP) is 3.47. The van der Waals surface area contributed by atoms with Gasteiger partial charge in [-0.15, -0.1) is 11.8 Å². The van der Waals surface area contributed by atoms with Gasteiger partial charge in [-0.3, -0.25) is 0 Å². The summed E-state index contributed by atoms with van der Waals surface area (Å²) in [6.07, 6.45) is 3.09. The first-order valence-electron chi connectivity index (χ1n) is 6.57. The van der Waals surface area contributed by atoms with Crippen molar-refractivity contribution < 1.29 is 5.11 Å². The van der Waals surface area contributed by atoms with E-state index in [1.807, 2.05) is 0 Å². The maximum atomic E-state index is 9.39. The van der Waals surface area contributed by atoms with E-state index in [1.54, 1.807) is 11.8 Å². The molecule has 0 saturated carbocycles. The molecule has 0 aliphatic rings. The summed E-state index contributed by atoms with van der Waals surface area (Å²) in [7, 11) is 0. The first-order valence-corrected chi connectivity index (χ1v) is 7.80. The zero-order valence-electron chi connectivity index (χ0n) is 11.8. The Morgan fingerprint density at radius 3 is 2.22 bits per heavy atom. The van der Waals surface area contributed by atoms with Gasteiger partial charge in [0.1, 0.15) is 0 Å². The molecule has 1 rings (SSSR count). The standard InChI is InChI=1S/C15H25NOS/c1-11(2)9-14(10-17)16-12(3)13-5-7-15(18-4)8-6-13/h5-8,11-12,14,16-17H,9-10H2,1-4H3. The topological polar surface area (TPSA) is 32.3 Å². The van der Waals surface area contributed by atoms with Crippen LogP contribution in [0, 0.1) is 5.92 Å². The van der Waals surface area contributed by atoms with Crippen LogP contribution in [0.15, 0.2) is 29.2 Å². The lowest BCUT2D eigenvalue weighted by Gasteiger charge is -2.23. The molecule has 2 N–H and O–H groups in total. The number of nitrogens with one attached hydrogen (secondary N) is 1.